The van der Waals surface area contributed by atoms with E-state index in [1.165, 1.54) is 0 Å². The largest absolute Gasteiger partial charge is 0.465 e. The third-order valence-corrected chi connectivity index (χ3v) is 3.59. The summed E-state index contributed by atoms with van der Waals surface area (Å²) >= 11 is 0. The Kier molecular flexibility index (Phi) is 7.18. The lowest BCUT2D eigenvalue weighted by Crippen LogP contribution is -2.57. The van der Waals surface area contributed by atoms with E-state index in [1.807, 2.05) is 20.8 Å². The van der Waals surface area contributed by atoms with Crippen LogP contribution in [-0.2, 0) is 9.53 Å². The van der Waals surface area contributed by atoms with Gasteiger partial charge >= 0.3 is 18.3 Å². The molecule has 0 saturated heterocycles. The number of hydrogen-bond donors (Lipinski definition) is 1. The molecule has 0 aliphatic heterocycles. The lowest BCUT2D eigenvalue weighted by atomic mass is 9.80. The molecular weight excluding hydrogens is 342 g/mol. The quantitative estimate of drug-likeness (QED) is 0.557. The van der Waals surface area contributed by atoms with Crippen molar-refractivity contribution in [3.8, 4) is 0 Å². The zero-order valence-electron chi connectivity index (χ0n) is 14.3. The lowest BCUT2D eigenvalue weighted by Gasteiger charge is -2.32. The van der Waals surface area contributed by atoms with Crippen LogP contribution in [0.15, 0.2) is 0 Å². The first-order chi connectivity index (χ1) is 10.4. The summed E-state index contributed by atoms with van der Waals surface area (Å²) in [6.07, 6.45) is -13.3. The van der Waals surface area contributed by atoms with E-state index in [4.69, 9.17) is 5.11 Å². The zero-order valence-corrected chi connectivity index (χ0v) is 14.3. The predicted molar refractivity (Wildman–Crippen MR) is 75.0 cm³/mol. The molecule has 0 saturated carbocycles. The zero-order chi connectivity index (χ0) is 19.6. The minimum Gasteiger partial charge on any atom is -0.465 e. The Morgan fingerprint density at radius 2 is 1.42 bits per heavy atom. The number of ether oxygens (including phenoxy) is 1. The molecule has 0 rings (SSSR count). The van der Waals surface area contributed by atoms with Crippen LogP contribution in [0.4, 0.5) is 26.3 Å². The van der Waals surface area contributed by atoms with E-state index in [-0.39, 0.29) is 11.3 Å². The first-order valence-electron chi connectivity index (χ1n) is 7.45. The molecule has 24 heavy (non-hydrogen) atoms. The van der Waals surface area contributed by atoms with Gasteiger partial charge < -0.3 is 9.84 Å². The molecule has 1 atom stereocenters. The lowest BCUT2D eigenvalue weighted by molar-refractivity contribution is -0.371. The number of halogens is 6. The van der Waals surface area contributed by atoms with Gasteiger partial charge in [-0.05, 0) is 17.8 Å². The maximum absolute atomic E-state index is 12.5. The number of hydrogen-bond acceptors (Lipinski definition) is 3. The van der Waals surface area contributed by atoms with Gasteiger partial charge in [0.1, 0.15) is 0 Å². The van der Waals surface area contributed by atoms with Gasteiger partial charge in [-0.2, -0.15) is 26.3 Å². The van der Waals surface area contributed by atoms with Crippen molar-refractivity contribution in [1.82, 2.24) is 0 Å². The Balaban J connectivity index is 4.97. The monoisotopic (exact) mass is 366 g/mol. The first kappa shape index (κ1) is 23.0. The summed E-state index contributed by atoms with van der Waals surface area (Å²) in [5.41, 5.74) is -5.18. The fourth-order valence-corrected chi connectivity index (χ4v) is 2.10. The van der Waals surface area contributed by atoms with E-state index < -0.39 is 42.9 Å². The third kappa shape index (κ3) is 6.14. The molecule has 0 aliphatic rings. The number of carbonyl (C=O) groups is 1. The smallest absolute Gasteiger partial charge is 0.426 e. The fraction of sp³-hybridized carbons (Fsp3) is 0.933. The summed E-state index contributed by atoms with van der Waals surface area (Å²) in [6.45, 7) is 7.78. The molecule has 0 radical (unpaired) electrons. The van der Waals surface area contributed by atoms with Gasteiger partial charge in [-0.3, -0.25) is 4.79 Å². The third-order valence-electron chi connectivity index (χ3n) is 3.59. The van der Waals surface area contributed by atoms with Gasteiger partial charge in [-0.25, -0.2) is 0 Å². The van der Waals surface area contributed by atoms with Crippen molar-refractivity contribution >= 4 is 5.97 Å². The summed E-state index contributed by atoms with van der Waals surface area (Å²) in [5, 5.41) is 8.99. The van der Waals surface area contributed by atoms with Gasteiger partial charge in [0.15, 0.2) is 0 Å². The van der Waals surface area contributed by atoms with Crippen LogP contribution in [0.3, 0.4) is 0 Å². The van der Waals surface area contributed by atoms with Crippen LogP contribution in [0.5, 0.6) is 0 Å². The molecule has 3 nitrogen and oxygen atoms in total. The Labute approximate surface area is 137 Å². The molecule has 1 N–H and O–H groups in total. The highest BCUT2D eigenvalue weighted by Crippen LogP contribution is 2.45. The summed E-state index contributed by atoms with van der Waals surface area (Å²) in [7, 11) is 0. The van der Waals surface area contributed by atoms with Crippen molar-refractivity contribution in [2.75, 3.05) is 6.61 Å². The minimum atomic E-state index is -5.92. The van der Waals surface area contributed by atoms with E-state index in [0.717, 1.165) is 0 Å². The predicted octanol–water partition coefficient (Wildman–Crippen LogP) is 4.48. The number of rotatable bonds is 6. The summed E-state index contributed by atoms with van der Waals surface area (Å²) in [6, 6.07) is 0. The number of alkyl halides is 6. The summed E-state index contributed by atoms with van der Waals surface area (Å²) in [5.74, 6) is -1.72. The first-order valence-corrected chi connectivity index (χ1v) is 7.45. The molecule has 0 aromatic rings. The van der Waals surface area contributed by atoms with Crippen LogP contribution in [0, 0.1) is 17.3 Å². The van der Waals surface area contributed by atoms with Crippen molar-refractivity contribution < 1.29 is 41.0 Å². The van der Waals surface area contributed by atoms with Crippen LogP contribution >= 0.6 is 0 Å². The Bertz CT molecular complexity index is 406. The van der Waals surface area contributed by atoms with E-state index in [9.17, 15) is 31.1 Å². The molecule has 0 aromatic carbocycles. The molecule has 0 aliphatic carbocycles. The van der Waals surface area contributed by atoms with Crippen LogP contribution in [0.1, 0.15) is 47.5 Å². The highest BCUT2D eigenvalue weighted by atomic mass is 19.4. The van der Waals surface area contributed by atoms with Crippen molar-refractivity contribution in [2.45, 2.75) is 65.4 Å². The number of carbonyl (C=O) groups excluding carboxylic acids is 1. The van der Waals surface area contributed by atoms with Crippen molar-refractivity contribution in [3.05, 3.63) is 0 Å². The fourth-order valence-electron chi connectivity index (χ4n) is 2.10. The second-order valence-corrected chi connectivity index (χ2v) is 7.39. The molecule has 0 aromatic heterocycles. The van der Waals surface area contributed by atoms with Gasteiger partial charge in [0, 0.05) is 6.42 Å². The molecule has 0 fully saturated rings. The van der Waals surface area contributed by atoms with Gasteiger partial charge in [0.05, 0.1) is 12.5 Å². The SMILES string of the molecule is CC(C)C(CC(C)(C)C)C(=O)OCCC(O)(C(F)(F)F)C(F)(F)F. The Morgan fingerprint density at radius 1 is 1.00 bits per heavy atom. The van der Waals surface area contributed by atoms with Gasteiger partial charge in [-0.1, -0.05) is 34.6 Å². The molecule has 0 heterocycles. The van der Waals surface area contributed by atoms with Crippen LogP contribution in [0.25, 0.3) is 0 Å². The second kappa shape index (κ2) is 7.49. The Hall–Kier alpha value is -0.990. The molecule has 144 valence electrons. The molecule has 0 amide bonds. The molecule has 0 spiro atoms. The number of aliphatic hydroxyl groups is 1. The average molecular weight is 366 g/mol. The highest BCUT2D eigenvalue weighted by Gasteiger charge is 2.70. The van der Waals surface area contributed by atoms with E-state index in [1.54, 1.807) is 13.8 Å². The van der Waals surface area contributed by atoms with E-state index in [2.05, 4.69) is 4.74 Å². The van der Waals surface area contributed by atoms with Crippen molar-refractivity contribution in [1.29, 1.82) is 0 Å². The Morgan fingerprint density at radius 3 is 1.71 bits per heavy atom. The van der Waals surface area contributed by atoms with E-state index in [0.29, 0.717) is 6.42 Å². The van der Waals surface area contributed by atoms with Crippen LogP contribution in [-0.4, -0.2) is 35.6 Å². The molecule has 9 heteroatoms. The topological polar surface area (TPSA) is 46.5 Å². The normalized spacial score (nSPS) is 15.5. The maximum Gasteiger partial charge on any atom is 0.426 e. The van der Waals surface area contributed by atoms with Gasteiger partial charge in [-0.15, -0.1) is 0 Å². The standard InChI is InChI=1S/C15H24F6O3/c1-9(2)10(8-12(3,4)5)11(22)24-7-6-13(23,14(16,17)18)15(19,20)21/h9-10,23H,6-8H2,1-5H3. The van der Waals surface area contributed by atoms with Crippen LogP contribution in [0.2, 0.25) is 0 Å². The van der Waals surface area contributed by atoms with Gasteiger partial charge in [0.25, 0.3) is 5.60 Å². The van der Waals surface area contributed by atoms with Crippen molar-refractivity contribution in [2.24, 2.45) is 17.3 Å². The van der Waals surface area contributed by atoms with Gasteiger partial charge in [0.2, 0.25) is 0 Å². The highest BCUT2D eigenvalue weighted by molar-refractivity contribution is 5.72. The average Bonchev–Trinajstić information content (AvgIpc) is 2.31. The maximum atomic E-state index is 12.5. The van der Waals surface area contributed by atoms with Crippen molar-refractivity contribution in [3.63, 3.8) is 0 Å². The molecule has 1 unspecified atom stereocenters. The minimum absolute atomic E-state index is 0.194. The van der Waals surface area contributed by atoms with Crippen LogP contribution < -0.4 is 0 Å². The number of esters is 1. The second-order valence-electron chi connectivity index (χ2n) is 7.39. The molecular formula is C15H24F6O3. The van der Waals surface area contributed by atoms with E-state index >= 15 is 0 Å². The molecule has 0 bridgehead atoms. The summed E-state index contributed by atoms with van der Waals surface area (Å²) < 4.78 is 79.7. The summed E-state index contributed by atoms with van der Waals surface area (Å²) in [4.78, 5) is 12.0.